The quantitative estimate of drug-likeness (QED) is 0.292. The van der Waals surface area contributed by atoms with Crippen LogP contribution in [0.5, 0.6) is 11.5 Å². The van der Waals surface area contributed by atoms with Gasteiger partial charge in [-0.1, -0.05) is 29.4 Å². The average Bonchev–Trinajstić information content (AvgIpc) is 3.60. The van der Waals surface area contributed by atoms with Crippen LogP contribution in [0, 0.1) is 5.41 Å². The number of nitrogens with zero attached hydrogens (tertiary/aromatic N) is 2. The maximum Gasteiger partial charge on any atom is 0.209 e. The highest BCUT2D eigenvalue weighted by Gasteiger charge is 2.45. The Kier molecular flexibility index (Phi) is 7.43. The van der Waals surface area contributed by atoms with Crippen LogP contribution < -0.4 is 9.47 Å². The molecule has 2 fully saturated rings. The summed E-state index contributed by atoms with van der Waals surface area (Å²) in [5.74, 6) is 1.56. The highest BCUT2D eigenvalue weighted by Crippen LogP contribution is 2.53. The molecule has 1 aliphatic carbocycles. The second kappa shape index (κ2) is 10.6. The van der Waals surface area contributed by atoms with Gasteiger partial charge >= 0.3 is 0 Å². The van der Waals surface area contributed by atoms with E-state index in [1.54, 1.807) is 13.3 Å². The van der Waals surface area contributed by atoms with Gasteiger partial charge < -0.3 is 14.3 Å². The number of benzene rings is 2. The van der Waals surface area contributed by atoms with Crippen LogP contribution in [0.3, 0.4) is 0 Å². The Morgan fingerprint density at radius 3 is 2.25 bits per heavy atom. The van der Waals surface area contributed by atoms with Gasteiger partial charge in [-0.3, -0.25) is 9.69 Å². The van der Waals surface area contributed by atoms with Crippen LogP contribution in [0.2, 0.25) is 0 Å². The molecule has 2 aromatic rings. The third-order valence-corrected chi connectivity index (χ3v) is 6.57. The molecule has 1 saturated carbocycles. The third kappa shape index (κ3) is 6.10. The standard InChI is InChI=1S/C26H32N2O4/c1-30-23-8-6-22(7-9-23)20-31-27-16-2-3-21-4-10-24(11-5-21)32-25(19-29)28-17-14-26(12-13-26)15-18-28/h4-11,16,19,25H,2-3,12-15,17-18,20H2,1H3. The van der Waals surface area contributed by atoms with Gasteiger partial charge in [-0.2, -0.15) is 0 Å². The van der Waals surface area contributed by atoms with E-state index in [9.17, 15) is 4.79 Å². The molecule has 0 amide bonds. The number of aldehydes is 1. The fourth-order valence-electron chi connectivity index (χ4n) is 4.16. The topological polar surface area (TPSA) is 60.4 Å². The zero-order valence-corrected chi connectivity index (χ0v) is 18.7. The van der Waals surface area contributed by atoms with Gasteiger partial charge in [0.1, 0.15) is 18.1 Å². The molecule has 32 heavy (non-hydrogen) atoms. The molecule has 1 heterocycles. The lowest BCUT2D eigenvalue weighted by Crippen LogP contribution is -2.45. The van der Waals surface area contributed by atoms with Crippen molar-refractivity contribution < 1.29 is 19.1 Å². The number of rotatable bonds is 11. The molecule has 6 heteroatoms. The maximum atomic E-state index is 11.6. The van der Waals surface area contributed by atoms with E-state index >= 15 is 0 Å². The molecule has 0 radical (unpaired) electrons. The number of ether oxygens (including phenoxy) is 2. The van der Waals surface area contributed by atoms with E-state index in [1.165, 1.54) is 31.2 Å². The minimum absolute atomic E-state index is 0.433. The van der Waals surface area contributed by atoms with E-state index in [1.807, 2.05) is 48.5 Å². The van der Waals surface area contributed by atoms with Gasteiger partial charge in [-0.15, -0.1) is 0 Å². The molecule has 4 rings (SSSR count). The molecule has 2 aliphatic rings. The second-order valence-electron chi connectivity index (χ2n) is 8.77. The lowest BCUT2D eigenvalue weighted by atomic mass is 9.94. The van der Waals surface area contributed by atoms with Gasteiger partial charge in [0.25, 0.3) is 0 Å². The first-order valence-electron chi connectivity index (χ1n) is 11.4. The zero-order valence-electron chi connectivity index (χ0n) is 18.7. The van der Waals surface area contributed by atoms with Gasteiger partial charge in [-0.25, -0.2) is 0 Å². The number of hydrogen-bond donors (Lipinski definition) is 0. The molecule has 6 nitrogen and oxygen atoms in total. The number of carbonyl (C=O) groups is 1. The first kappa shape index (κ1) is 22.3. The van der Waals surface area contributed by atoms with E-state index in [0.29, 0.717) is 12.0 Å². The first-order valence-corrected chi connectivity index (χ1v) is 11.4. The van der Waals surface area contributed by atoms with Crippen LogP contribution in [0.25, 0.3) is 0 Å². The lowest BCUT2D eigenvalue weighted by molar-refractivity contribution is -0.123. The highest BCUT2D eigenvalue weighted by atomic mass is 16.6. The smallest absolute Gasteiger partial charge is 0.209 e. The Morgan fingerprint density at radius 2 is 1.62 bits per heavy atom. The normalized spacial score (nSPS) is 18.4. The average molecular weight is 437 g/mol. The molecule has 170 valence electrons. The molecule has 1 spiro atoms. The summed E-state index contributed by atoms with van der Waals surface area (Å²) < 4.78 is 11.1. The van der Waals surface area contributed by atoms with Crippen molar-refractivity contribution in [2.45, 2.75) is 51.4 Å². The summed E-state index contributed by atoms with van der Waals surface area (Å²) in [7, 11) is 1.65. The fraction of sp³-hybridized carbons (Fsp3) is 0.462. The summed E-state index contributed by atoms with van der Waals surface area (Å²) >= 11 is 0. The Bertz CT molecular complexity index is 881. The number of methoxy groups -OCH3 is 1. The predicted molar refractivity (Wildman–Crippen MR) is 124 cm³/mol. The molecule has 0 aromatic heterocycles. The van der Waals surface area contributed by atoms with Gasteiger partial charge in [0.2, 0.25) is 6.23 Å². The lowest BCUT2D eigenvalue weighted by Gasteiger charge is -2.35. The van der Waals surface area contributed by atoms with Crippen LogP contribution in [0.1, 0.15) is 43.2 Å². The summed E-state index contributed by atoms with van der Waals surface area (Å²) in [5, 5.41) is 4.03. The van der Waals surface area contributed by atoms with Crippen molar-refractivity contribution in [1.82, 2.24) is 4.90 Å². The summed E-state index contributed by atoms with van der Waals surface area (Å²) in [5.41, 5.74) is 2.83. The summed E-state index contributed by atoms with van der Waals surface area (Å²) in [4.78, 5) is 19.1. The van der Waals surface area contributed by atoms with Gasteiger partial charge in [0.05, 0.1) is 7.11 Å². The SMILES string of the molecule is COc1ccc(CON=CCCc2ccc(OC(C=O)N3CCC4(CC3)CC4)cc2)cc1. The monoisotopic (exact) mass is 436 g/mol. The van der Waals surface area contributed by atoms with E-state index in [2.05, 4.69) is 10.1 Å². The summed E-state index contributed by atoms with van der Waals surface area (Å²) in [6, 6.07) is 15.7. The van der Waals surface area contributed by atoms with Crippen LogP contribution in [0.15, 0.2) is 53.7 Å². The Hall–Kier alpha value is -2.86. The largest absolute Gasteiger partial charge is 0.497 e. The molecular weight excluding hydrogens is 404 g/mol. The molecule has 1 atom stereocenters. The van der Waals surface area contributed by atoms with Crippen molar-refractivity contribution in [3.63, 3.8) is 0 Å². The Morgan fingerprint density at radius 1 is 0.969 bits per heavy atom. The Labute approximate surface area is 190 Å². The molecule has 1 unspecified atom stereocenters. The summed E-state index contributed by atoms with van der Waals surface area (Å²) in [6.07, 6.45) is 8.95. The second-order valence-corrected chi connectivity index (χ2v) is 8.77. The molecule has 0 bridgehead atoms. The zero-order chi connectivity index (χ0) is 22.2. The van der Waals surface area contributed by atoms with Crippen LogP contribution in [-0.4, -0.2) is 43.8 Å². The van der Waals surface area contributed by atoms with Crippen molar-refractivity contribution >= 4 is 12.5 Å². The number of likely N-dealkylation sites (tertiary alicyclic amines) is 1. The number of carbonyl (C=O) groups excluding carboxylic acids is 1. The predicted octanol–water partition coefficient (Wildman–Crippen LogP) is 4.61. The van der Waals surface area contributed by atoms with Crippen molar-refractivity contribution in [3.05, 3.63) is 59.7 Å². The van der Waals surface area contributed by atoms with E-state index < -0.39 is 6.23 Å². The number of hydrogen-bond acceptors (Lipinski definition) is 6. The molecule has 2 aromatic carbocycles. The van der Waals surface area contributed by atoms with Gasteiger partial charge in [0, 0.05) is 19.3 Å². The van der Waals surface area contributed by atoms with E-state index in [4.69, 9.17) is 14.3 Å². The molecule has 0 N–H and O–H groups in total. The third-order valence-electron chi connectivity index (χ3n) is 6.57. The summed E-state index contributed by atoms with van der Waals surface area (Å²) in [6.45, 7) is 2.32. The number of aryl methyl sites for hydroxylation is 1. The van der Waals surface area contributed by atoms with Crippen molar-refractivity contribution in [2.24, 2.45) is 10.6 Å². The van der Waals surface area contributed by atoms with E-state index in [0.717, 1.165) is 49.3 Å². The maximum absolute atomic E-state index is 11.6. The Balaban J connectivity index is 1.16. The van der Waals surface area contributed by atoms with Gasteiger partial charge in [-0.05, 0) is 79.3 Å². The fourth-order valence-corrected chi connectivity index (χ4v) is 4.16. The van der Waals surface area contributed by atoms with Gasteiger partial charge in [0.15, 0.2) is 6.29 Å². The van der Waals surface area contributed by atoms with Crippen molar-refractivity contribution in [1.29, 1.82) is 0 Å². The molecule has 1 saturated heterocycles. The van der Waals surface area contributed by atoms with E-state index in [-0.39, 0.29) is 0 Å². The minimum atomic E-state index is -0.494. The molecule has 1 aliphatic heterocycles. The number of oxime groups is 1. The van der Waals surface area contributed by atoms with Crippen LogP contribution in [0.4, 0.5) is 0 Å². The molecular formula is C26H32N2O4. The highest BCUT2D eigenvalue weighted by molar-refractivity contribution is 5.57. The van der Waals surface area contributed by atoms with Crippen molar-refractivity contribution in [2.75, 3.05) is 20.2 Å². The minimum Gasteiger partial charge on any atom is -0.497 e. The van der Waals surface area contributed by atoms with Crippen LogP contribution in [-0.2, 0) is 22.7 Å². The number of piperidine rings is 1. The van der Waals surface area contributed by atoms with Crippen LogP contribution >= 0.6 is 0 Å². The van der Waals surface area contributed by atoms with Crippen molar-refractivity contribution in [3.8, 4) is 11.5 Å². The first-order chi connectivity index (χ1) is 15.7.